The molecule has 3 rings (SSSR count). The molecule has 0 aliphatic carbocycles. The van der Waals surface area contributed by atoms with Crippen LogP contribution in [0.15, 0.2) is 42.6 Å². The van der Waals surface area contributed by atoms with Gasteiger partial charge >= 0.3 is 0 Å². The Morgan fingerprint density at radius 2 is 1.86 bits per heavy atom. The summed E-state index contributed by atoms with van der Waals surface area (Å²) in [4.78, 5) is 12.3. The molecule has 5 heteroatoms. The molecule has 0 aliphatic rings. The average Bonchev–Trinajstić information content (AvgIpc) is 2.88. The van der Waals surface area contributed by atoms with E-state index in [4.69, 9.17) is 0 Å². The fraction of sp³-hybridized carbons (Fsp3) is 0.235. The molecule has 1 amide bonds. The van der Waals surface area contributed by atoms with E-state index in [1.54, 1.807) is 18.3 Å². The molecule has 0 fully saturated rings. The highest BCUT2D eigenvalue weighted by molar-refractivity contribution is 6.04. The number of benzene rings is 1. The molecule has 2 aromatic heterocycles. The van der Waals surface area contributed by atoms with Gasteiger partial charge in [-0.3, -0.25) is 9.20 Å². The van der Waals surface area contributed by atoms with Crippen molar-refractivity contribution in [1.29, 1.82) is 0 Å². The normalized spacial score (nSPS) is 11.1. The van der Waals surface area contributed by atoms with Crippen LogP contribution in [0.5, 0.6) is 0 Å². The van der Waals surface area contributed by atoms with Gasteiger partial charge in [-0.15, -0.1) is 10.2 Å². The van der Waals surface area contributed by atoms with Crippen LogP contribution >= 0.6 is 0 Å². The van der Waals surface area contributed by atoms with E-state index in [0.717, 1.165) is 11.5 Å². The van der Waals surface area contributed by atoms with Crippen LogP contribution in [0.1, 0.15) is 41.5 Å². The van der Waals surface area contributed by atoms with Crippen molar-refractivity contribution in [2.24, 2.45) is 0 Å². The highest BCUT2D eigenvalue weighted by atomic mass is 16.1. The molecule has 0 spiro atoms. The molecule has 0 bridgehead atoms. The lowest BCUT2D eigenvalue weighted by Gasteiger charge is -2.08. The molecule has 0 saturated heterocycles. The van der Waals surface area contributed by atoms with Gasteiger partial charge in [-0.05, 0) is 42.7 Å². The summed E-state index contributed by atoms with van der Waals surface area (Å²) in [6.07, 6.45) is 1.81. The lowest BCUT2D eigenvalue weighted by atomic mass is 10.0. The number of aromatic nitrogens is 3. The van der Waals surface area contributed by atoms with Crippen LogP contribution in [0.2, 0.25) is 0 Å². The third-order valence-corrected chi connectivity index (χ3v) is 3.68. The van der Waals surface area contributed by atoms with Gasteiger partial charge in [-0.2, -0.15) is 0 Å². The molecule has 1 aromatic carbocycles. The highest BCUT2D eigenvalue weighted by Crippen LogP contribution is 2.18. The number of aryl methyl sites for hydroxylation is 1. The first-order valence-electron chi connectivity index (χ1n) is 7.27. The van der Waals surface area contributed by atoms with E-state index < -0.39 is 0 Å². The fourth-order valence-corrected chi connectivity index (χ4v) is 2.31. The summed E-state index contributed by atoms with van der Waals surface area (Å²) in [5.41, 5.74) is 3.26. The van der Waals surface area contributed by atoms with Crippen molar-refractivity contribution in [3.63, 3.8) is 0 Å². The molecule has 0 saturated carbocycles. The predicted octanol–water partition coefficient (Wildman–Crippen LogP) is 3.41. The fourth-order valence-electron chi connectivity index (χ4n) is 2.31. The van der Waals surface area contributed by atoms with Crippen molar-refractivity contribution in [3.05, 3.63) is 59.5 Å². The Morgan fingerprint density at radius 1 is 1.14 bits per heavy atom. The van der Waals surface area contributed by atoms with Gasteiger partial charge in [0.15, 0.2) is 5.65 Å². The van der Waals surface area contributed by atoms with Crippen molar-refractivity contribution in [1.82, 2.24) is 14.6 Å². The van der Waals surface area contributed by atoms with E-state index in [-0.39, 0.29) is 5.91 Å². The minimum absolute atomic E-state index is 0.152. The van der Waals surface area contributed by atoms with Crippen LogP contribution in [0, 0.1) is 6.92 Å². The van der Waals surface area contributed by atoms with Gasteiger partial charge in [-0.1, -0.05) is 26.0 Å². The summed E-state index contributed by atoms with van der Waals surface area (Å²) in [6.45, 7) is 6.16. The number of carbonyl (C=O) groups excluding carboxylic acids is 1. The van der Waals surface area contributed by atoms with E-state index in [1.807, 2.05) is 35.6 Å². The first-order chi connectivity index (χ1) is 10.5. The van der Waals surface area contributed by atoms with Crippen molar-refractivity contribution >= 4 is 17.2 Å². The second kappa shape index (κ2) is 5.60. The van der Waals surface area contributed by atoms with Crippen LogP contribution in [0.3, 0.4) is 0 Å². The van der Waals surface area contributed by atoms with Gasteiger partial charge < -0.3 is 5.32 Å². The minimum atomic E-state index is -0.152. The molecule has 1 N–H and O–H groups in total. The smallest absolute Gasteiger partial charge is 0.255 e. The molecule has 22 heavy (non-hydrogen) atoms. The Morgan fingerprint density at radius 3 is 2.55 bits per heavy atom. The number of fused-ring (bicyclic) bond motifs is 1. The van der Waals surface area contributed by atoms with Crippen LogP contribution in [-0.4, -0.2) is 20.5 Å². The Kier molecular flexibility index (Phi) is 3.63. The summed E-state index contributed by atoms with van der Waals surface area (Å²) in [6, 6.07) is 11.4. The van der Waals surface area contributed by atoms with Gasteiger partial charge in [0.2, 0.25) is 0 Å². The number of nitrogens with zero attached hydrogens (tertiary/aromatic N) is 3. The quantitative estimate of drug-likeness (QED) is 0.805. The summed E-state index contributed by atoms with van der Waals surface area (Å²) < 4.78 is 1.84. The van der Waals surface area contributed by atoms with Gasteiger partial charge in [0.05, 0.1) is 0 Å². The number of amides is 1. The number of pyridine rings is 1. The molecular formula is C17H18N4O. The molecule has 2 heterocycles. The molecule has 0 atom stereocenters. The van der Waals surface area contributed by atoms with Gasteiger partial charge in [0.1, 0.15) is 5.82 Å². The summed E-state index contributed by atoms with van der Waals surface area (Å²) in [5.74, 6) is 1.12. The Labute approximate surface area is 129 Å². The number of hydrogen-bond acceptors (Lipinski definition) is 3. The van der Waals surface area contributed by atoms with Crippen LogP contribution in [-0.2, 0) is 0 Å². The number of rotatable bonds is 3. The third-order valence-electron chi connectivity index (χ3n) is 3.68. The van der Waals surface area contributed by atoms with E-state index in [9.17, 15) is 4.79 Å². The van der Waals surface area contributed by atoms with E-state index in [1.165, 1.54) is 5.56 Å². The average molecular weight is 294 g/mol. The second-order valence-electron chi connectivity index (χ2n) is 5.62. The number of anilines is 1. The summed E-state index contributed by atoms with van der Waals surface area (Å²) in [5, 5.41) is 10.9. The number of hydrogen-bond donors (Lipinski definition) is 1. The Hall–Kier alpha value is -2.69. The largest absolute Gasteiger partial charge is 0.322 e. The SMILES string of the molecule is Cc1nnc2cc(C(=O)Nc3ccc(C(C)C)cc3)ccn12. The van der Waals surface area contributed by atoms with E-state index >= 15 is 0 Å². The van der Waals surface area contributed by atoms with E-state index in [2.05, 4.69) is 29.4 Å². The second-order valence-corrected chi connectivity index (χ2v) is 5.62. The highest BCUT2D eigenvalue weighted by Gasteiger charge is 2.09. The lowest BCUT2D eigenvalue weighted by Crippen LogP contribution is -2.12. The molecule has 0 unspecified atom stereocenters. The molecule has 3 aromatic rings. The summed E-state index contributed by atoms with van der Waals surface area (Å²) in [7, 11) is 0. The topological polar surface area (TPSA) is 59.3 Å². The molecule has 5 nitrogen and oxygen atoms in total. The Balaban J connectivity index is 1.80. The van der Waals surface area contributed by atoms with E-state index in [0.29, 0.717) is 17.1 Å². The van der Waals surface area contributed by atoms with Crippen molar-refractivity contribution in [3.8, 4) is 0 Å². The van der Waals surface area contributed by atoms with Crippen molar-refractivity contribution in [2.75, 3.05) is 5.32 Å². The first kappa shape index (κ1) is 14.3. The van der Waals surface area contributed by atoms with Crippen LogP contribution in [0.25, 0.3) is 5.65 Å². The predicted molar refractivity (Wildman–Crippen MR) is 86.2 cm³/mol. The van der Waals surface area contributed by atoms with Crippen LogP contribution < -0.4 is 5.32 Å². The Bertz CT molecular complexity index is 818. The third kappa shape index (κ3) is 2.70. The van der Waals surface area contributed by atoms with Crippen LogP contribution in [0.4, 0.5) is 5.69 Å². The van der Waals surface area contributed by atoms with Crippen molar-refractivity contribution < 1.29 is 4.79 Å². The zero-order valence-electron chi connectivity index (χ0n) is 12.9. The molecule has 112 valence electrons. The monoisotopic (exact) mass is 294 g/mol. The summed E-state index contributed by atoms with van der Waals surface area (Å²) >= 11 is 0. The number of carbonyl (C=O) groups is 1. The van der Waals surface area contributed by atoms with Gasteiger partial charge in [-0.25, -0.2) is 0 Å². The molecular weight excluding hydrogens is 276 g/mol. The molecule has 0 radical (unpaired) electrons. The minimum Gasteiger partial charge on any atom is -0.322 e. The van der Waals surface area contributed by atoms with Gasteiger partial charge in [0, 0.05) is 17.4 Å². The van der Waals surface area contributed by atoms with Gasteiger partial charge in [0.25, 0.3) is 5.91 Å². The zero-order valence-corrected chi connectivity index (χ0v) is 12.9. The van der Waals surface area contributed by atoms with Crippen molar-refractivity contribution in [2.45, 2.75) is 26.7 Å². The zero-order chi connectivity index (χ0) is 15.7. The molecule has 0 aliphatic heterocycles. The maximum Gasteiger partial charge on any atom is 0.255 e. The standard InChI is InChI=1S/C17H18N4O/c1-11(2)13-4-6-15(7-5-13)18-17(22)14-8-9-21-12(3)19-20-16(21)10-14/h4-11H,1-3H3,(H,18,22). The maximum absolute atomic E-state index is 12.3. The first-order valence-corrected chi connectivity index (χ1v) is 7.27. The number of nitrogens with one attached hydrogen (secondary N) is 1. The lowest BCUT2D eigenvalue weighted by molar-refractivity contribution is 0.102. The maximum atomic E-state index is 12.3.